The molecule has 0 saturated carbocycles. The Bertz CT molecular complexity index is 1560. The van der Waals surface area contributed by atoms with E-state index < -0.39 is 31.9 Å². The molecule has 10 nitrogen and oxygen atoms in total. The maximum absolute atomic E-state index is 12.7. The molecule has 176 valence electrons. The molecule has 3 N–H and O–H groups in total. The number of phenols is 1. The van der Waals surface area contributed by atoms with Crippen molar-refractivity contribution >= 4 is 44.6 Å². The largest absolute Gasteiger partial charge is 0.507 e. The van der Waals surface area contributed by atoms with Crippen LogP contribution in [0.4, 0.5) is 0 Å². The van der Waals surface area contributed by atoms with Crippen LogP contribution in [0, 0.1) is 0 Å². The van der Waals surface area contributed by atoms with E-state index in [4.69, 9.17) is 27.9 Å². The van der Waals surface area contributed by atoms with Gasteiger partial charge in [0.05, 0.1) is 15.7 Å². The van der Waals surface area contributed by atoms with Crippen molar-refractivity contribution in [2.45, 2.75) is 11.4 Å². The van der Waals surface area contributed by atoms with Crippen molar-refractivity contribution in [1.29, 1.82) is 0 Å². The van der Waals surface area contributed by atoms with Crippen LogP contribution in [0.3, 0.4) is 0 Å². The van der Waals surface area contributed by atoms with Gasteiger partial charge >= 0.3 is 5.69 Å². The number of aromatic nitrogens is 3. The third-order valence-electron chi connectivity index (χ3n) is 4.40. The molecule has 0 bridgehead atoms. The molecule has 4 aromatic rings. The fraction of sp³-hybridized carbons (Fsp3) is 0.0500. The molecule has 0 aliphatic heterocycles. The number of aromatic hydroxyl groups is 1. The normalized spacial score (nSPS) is 11.5. The minimum Gasteiger partial charge on any atom is -0.507 e. The Morgan fingerprint density at radius 2 is 1.88 bits per heavy atom. The Morgan fingerprint density at radius 1 is 1.15 bits per heavy atom. The van der Waals surface area contributed by atoms with Crippen LogP contribution in [-0.2, 0) is 16.6 Å². The minimum atomic E-state index is -4.07. The number of aromatic amines is 1. The first-order valence-corrected chi connectivity index (χ1v) is 12.5. The molecule has 4 rings (SSSR count). The number of H-pyrrole nitrogens is 1. The summed E-state index contributed by atoms with van der Waals surface area (Å²) in [4.78, 5) is 25.7. The molecular weight excluding hydrogens is 527 g/mol. The van der Waals surface area contributed by atoms with Crippen LogP contribution in [0.2, 0.25) is 10.0 Å². The molecule has 14 heteroatoms. The van der Waals surface area contributed by atoms with Gasteiger partial charge in [-0.1, -0.05) is 29.3 Å². The Balaban J connectivity index is 1.63. The number of phenolic OH excluding ortho intramolecular Hbond substituents is 1. The number of nitrogens with zero attached hydrogens (tertiary/aromatic N) is 2. The molecule has 0 spiro atoms. The lowest BCUT2D eigenvalue weighted by atomic mass is 10.3. The van der Waals surface area contributed by atoms with E-state index in [9.17, 15) is 23.1 Å². The molecular formula is C20H14Cl2N4O6S2. The number of thiophene rings is 1. The second kappa shape index (κ2) is 9.60. The highest BCUT2D eigenvalue weighted by molar-refractivity contribution is 7.89. The summed E-state index contributed by atoms with van der Waals surface area (Å²) in [7, 11) is -4.07. The minimum absolute atomic E-state index is 0.0179. The summed E-state index contributed by atoms with van der Waals surface area (Å²) < 4.78 is 34.4. The van der Waals surface area contributed by atoms with Crippen molar-refractivity contribution in [3.63, 3.8) is 0 Å². The molecule has 34 heavy (non-hydrogen) atoms. The van der Waals surface area contributed by atoms with E-state index in [-0.39, 0.29) is 33.8 Å². The molecule has 0 saturated heterocycles. The third-order valence-corrected chi connectivity index (χ3v) is 7.27. The predicted molar refractivity (Wildman–Crippen MR) is 127 cm³/mol. The lowest BCUT2D eigenvalue weighted by Gasteiger charge is -2.14. The molecule has 0 amide bonds. The van der Waals surface area contributed by atoms with Gasteiger partial charge in [0.25, 0.3) is 5.56 Å². The number of hydrogen-bond acceptors (Lipinski definition) is 8. The molecule has 0 aliphatic rings. The third kappa shape index (κ3) is 5.16. The summed E-state index contributed by atoms with van der Waals surface area (Å²) in [6.45, 7) is 0.0573. The van der Waals surface area contributed by atoms with Gasteiger partial charge in [-0.25, -0.2) is 17.9 Å². The van der Waals surface area contributed by atoms with E-state index in [1.165, 1.54) is 29.5 Å². The maximum Gasteiger partial charge on any atom is 0.349 e. The van der Waals surface area contributed by atoms with Crippen molar-refractivity contribution in [2.24, 2.45) is 0 Å². The van der Waals surface area contributed by atoms with Crippen molar-refractivity contribution in [1.82, 2.24) is 19.5 Å². The van der Waals surface area contributed by atoms with Gasteiger partial charge in [0.2, 0.25) is 10.0 Å². The number of benzene rings is 2. The van der Waals surface area contributed by atoms with Crippen molar-refractivity contribution < 1.29 is 18.3 Å². The Kier molecular flexibility index (Phi) is 6.77. The first-order valence-electron chi connectivity index (χ1n) is 9.35. The van der Waals surface area contributed by atoms with Crippen LogP contribution < -0.4 is 20.7 Å². The standard InChI is InChI=1S/C20H14Cl2N4O6S2/c21-14-6-11(26-20(29)25-18(28)10-23-26)7-15(22)19(14)32-12-3-4-16(27)17(8-12)34(30,31)24-9-13-2-1-5-33-13/h1-8,10,24,27H,9H2,(H,25,28,29). The van der Waals surface area contributed by atoms with Crippen LogP contribution in [0.5, 0.6) is 17.2 Å². The first kappa shape index (κ1) is 24.0. The molecule has 0 atom stereocenters. The molecule has 0 radical (unpaired) electrons. The highest BCUT2D eigenvalue weighted by Crippen LogP contribution is 2.39. The second-order valence-corrected chi connectivity index (χ2v) is 10.3. The lowest BCUT2D eigenvalue weighted by molar-refractivity contribution is 0.448. The smallest absolute Gasteiger partial charge is 0.349 e. The highest BCUT2D eigenvalue weighted by Gasteiger charge is 2.21. The number of hydrogen-bond donors (Lipinski definition) is 3. The van der Waals surface area contributed by atoms with Gasteiger partial charge in [-0.2, -0.15) is 9.78 Å². The van der Waals surface area contributed by atoms with Gasteiger partial charge in [0, 0.05) is 17.5 Å². The predicted octanol–water partition coefficient (Wildman–Crippen LogP) is 3.27. The van der Waals surface area contributed by atoms with Gasteiger partial charge < -0.3 is 9.84 Å². The molecule has 0 aliphatic carbocycles. The van der Waals surface area contributed by atoms with E-state index >= 15 is 0 Å². The van der Waals surface area contributed by atoms with Crippen molar-refractivity contribution in [2.75, 3.05) is 0 Å². The molecule has 0 unspecified atom stereocenters. The number of sulfonamides is 1. The summed E-state index contributed by atoms with van der Waals surface area (Å²) in [6.07, 6.45) is 0.915. The van der Waals surface area contributed by atoms with Gasteiger partial charge in [0.15, 0.2) is 5.75 Å². The average Bonchev–Trinajstić information content (AvgIpc) is 3.29. The molecule has 2 heterocycles. The van der Waals surface area contributed by atoms with Gasteiger partial charge in [0.1, 0.15) is 22.6 Å². The molecule has 2 aromatic heterocycles. The van der Waals surface area contributed by atoms with E-state index in [2.05, 4.69) is 14.8 Å². The summed E-state index contributed by atoms with van der Waals surface area (Å²) >= 11 is 14.0. The quantitative estimate of drug-likeness (QED) is 0.326. The van der Waals surface area contributed by atoms with E-state index in [1.807, 2.05) is 5.38 Å². The van der Waals surface area contributed by atoms with Crippen LogP contribution in [0.25, 0.3) is 5.69 Å². The first-order chi connectivity index (χ1) is 16.1. The molecule has 2 aromatic carbocycles. The summed E-state index contributed by atoms with van der Waals surface area (Å²) in [5, 5.41) is 15.6. The van der Waals surface area contributed by atoms with Crippen LogP contribution in [-0.4, -0.2) is 28.3 Å². The second-order valence-electron chi connectivity index (χ2n) is 6.72. The van der Waals surface area contributed by atoms with Gasteiger partial charge in [-0.15, -0.1) is 11.3 Å². The Hall–Kier alpha value is -3.16. The SMILES string of the molecule is O=c1cnn(-c2cc(Cl)c(Oc3ccc(O)c(S(=O)(=O)NCc4cccs4)c3)c(Cl)c2)c(=O)[nH]1. The summed E-state index contributed by atoms with van der Waals surface area (Å²) in [5.74, 6) is -0.461. The van der Waals surface area contributed by atoms with Gasteiger partial charge in [-0.3, -0.25) is 9.78 Å². The summed E-state index contributed by atoms with van der Waals surface area (Å²) in [6, 6.07) is 9.85. The van der Waals surface area contributed by atoms with Crippen LogP contribution in [0.15, 0.2) is 68.5 Å². The lowest BCUT2D eigenvalue weighted by Crippen LogP contribution is -2.30. The highest BCUT2D eigenvalue weighted by atomic mass is 35.5. The monoisotopic (exact) mass is 540 g/mol. The van der Waals surface area contributed by atoms with Crippen LogP contribution in [0.1, 0.15) is 4.88 Å². The number of nitrogens with one attached hydrogen (secondary N) is 2. The van der Waals surface area contributed by atoms with Crippen molar-refractivity contribution in [3.05, 3.63) is 89.8 Å². The van der Waals surface area contributed by atoms with E-state index in [1.54, 1.807) is 12.1 Å². The Labute approximate surface area is 206 Å². The molecule has 0 fully saturated rings. The van der Waals surface area contributed by atoms with Crippen LogP contribution >= 0.6 is 34.5 Å². The fourth-order valence-corrected chi connectivity index (χ4v) is 5.26. The topological polar surface area (TPSA) is 143 Å². The zero-order chi connectivity index (χ0) is 24.5. The van der Waals surface area contributed by atoms with Crippen molar-refractivity contribution in [3.8, 4) is 22.9 Å². The zero-order valence-electron chi connectivity index (χ0n) is 16.9. The average molecular weight is 541 g/mol. The fourth-order valence-electron chi connectivity index (χ4n) is 2.85. The number of rotatable bonds is 7. The van der Waals surface area contributed by atoms with E-state index in [0.717, 1.165) is 27.9 Å². The summed E-state index contributed by atoms with van der Waals surface area (Å²) in [5.41, 5.74) is -1.30. The Morgan fingerprint density at radius 3 is 2.53 bits per heavy atom. The maximum atomic E-state index is 12.7. The number of halogens is 2. The van der Waals surface area contributed by atoms with Gasteiger partial charge in [-0.05, 0) is 35.7 Å². The zero-order valence-corrected chi connectivity index (χ0v) is 20.0. The number of ether oxygens (including phenoxy) is 1. The van der Waals surface area contributed by atoms with E-state index in [0.29, 0.717) is 0 Å².